The lowest BCUT2D eigenvalue weighted by Crippen LogP contribution is -2.33. The van der Waals surface area contributed by atoms with Crippen molar-refractivity contribution in [3.63, 3.8) is 0 Å². The lowest BCUT2D eigenvalue weighted by Gasteiger charge is -2.19. The van der Waals surface area contributed by atoms with Gasteiger partial charge in [-0.2, -0.15) is 0 Å². The van der Waals surface area contributed by atoms with Crippen LogP contribution in [0.4, 0.5) is 4.79 Å². The molecule has 1 aromatic rings. The van der Waals surface area contributed by atoms with Gasteiger partial charge in [-0.05, 0) is 39.7 Å². The number of nitrogens with one attached hydrogen (secondary N) is 1. The van der Waals surface area contributed by atoms with E-state index in [1.165, 1.54) is 13.3 Å². The highest BCUT2D eigenvalue weighted by Crippen LogP contribution is 2.10. The molecule has 0 radical (unpaired) electrons. The molecule has 0 atom stereocenters. The van der Waals surface area contributed by atoms with Crippen LogP contribution in [0.5, 0.6) is 5.88 Å². The number of hydrogen-bond donors (Lipinski definition) is 1. The quantitative estimate of drug-likeness (QED) is 0.619. The van der Waals surface area contributed by atoms with Crippen molar-refractivity contribution in [3.8, 4) is 5.88 Å². The molecule has 0 bridgehead atoms. The van der Waals surface area contributed by atoms with Crippen LogP contribution in [0, 0.1) is 0 Å². The highest BCUT2D eigenvalue weighted by Gasteiger charge is 2.15. The van der Waals surface area contributed by atoms with Crippen molar-refractivity contribution in [1.82, 2.24) is 10.3 Å². The standard InChI is InChI=1S/C16H24N2O4/c1-16(2,3)22-15(20)17-10-6-5-7-13(19)12-8-9-14(21-4)18-11-12/h8-9,11H,5-7,10H2,1-4H3,(H,17,20). The van der Waals surface area contributed by atoms with Gasteiger partial charge in [-0.15, -0.1) is 0 Å². The summed E-state index contributed by atoms with van der Waals surface area (Å²) in [6.07, 6.45) is 2.91. The number of aromatic nitrogens is 1. The van der Waals surface area contributed by atoms with Crippen LogP contribution in [0.1, 0.15) is 50.4 Å². The molecule has 6 nitrogen and oxygen atoms in total. The van der Waals surface area contributed by atoms with Gasteiger partial charge in [0, 0.05) is 30.8 Å². The summed E-state index contributed by atoms with van der Waals surface area (Å²) < 4.78 is 10.1. The van der Waals surface area contributed by atoms with Crippen molar-refractivity contribution in [3.05, 3.63) is 23.9 Å². The molecule has 0 aliphatic carbocycles. The molecule has 1 rings (SSSR count). The van der Waals surface area contributed by atoms with Crippen LogP contribution >= 0.6 is 0 Å². The fraction of sp³-hybridized carbons (Fsp3) is 0.562. The average Bonchev–Trinajstić information content (AvgIpc) is 2.45. The molecule has 0 saturated carbocycles. The average molecular weight is 308 g/mol. The number of alkyl carbamates (subject to hydrolysis) is 1. The summed E-state index contributed by atoms with van der Waals surface area (Å²) in [5, 5.41) is 2.67. The van der Waals surface area contributed by atoms with E-state index in [1.807, 2.05) is 20.8 Å². The summed E-state index contributed by atoms with van der Waals surface area (Å²) in [6, 6.07) is 3.37. The minimum atomic E-state index is -0.499. The van der Waals surface area contributed by atoms with Gasteiger partial charge >= 0.3 is 6.09 Å². The zero-order valence-corrected chi connectivity index (χ0v) is 13.6. The first-order valence-corrected chi connectivity index (χ1v) is 7.32. The van der Waals surface area contributed by atoms with Crippen molar-refractivity contribution in [1.29, 1.82) is 0 Å². The van der Waals surface area contributed by atoms with Gasteiger partial charge in [0.15, 0.2) is 5.78 Å². The molecule has 1 heterocycles. The van der Waals surface area contributed by atoms with E-state index in [2.05, 4.69) is 10.3 Å². The molecular formula is C16H24N2O4. The predicted molar refractivity (Wildman–Crippen MR) is 83.2 cm³/mol. The van der Waals surface area contributed by atoms with Crippen LogP contribution in [0.25, 0.3) is 0 Å². The normalized spacial score (nSPS) is 10.9. The number of hydrogen-bond acceptors (Lipinski definition) is 5. The van der Waals surface area contributed by atoms with E-state index in [0.717, 1.165) is 0 Å². The van der Waals surface area contributed by atoms with E-state index in [0.29, 0.717) is 37.3 Å². The smallest absolute Gasteiger partial charge is 0.407 e. The summed E-state index contributed by atoms with van der Waals surface area (Å²) in [4.78, 5) is 27.4. The third kappa shape index (κ3) is 7.06. The number of ether oxygens (including phenoxy) is 2. The molecule has 122 valence electrons. The Morgan fingerprint density at radius 1 is 1.23 bits per heavy atom. The van der Waals surface area contributed by atoms with E-state index < -0.39 is 11.7 Å². The Hall–Kier alpha value is -2.11. The van der Waals surface area contributed by atoms with Crippen molar-refractivity contribution in [2.45, 2.75) is 45.6 Å². The third-order valence-corrected chi connectivity index (χ3v) is 2.77. The van der Waals surface area contributed by atoms with E-state index in [9.17, 15) is 9.59 Å². The maximum atomic E-state index is 11.9. The lowest BCUT2D eigenvalue weighted by molar-refractivity contribution is 0.0527. The number of rotatable bonds is 7. The molecule has 0 aliphatic rings. The number of pyridine rings is 1. The topological polar surface area (TPSA) is 77.5 Å². The number of nitrogens with zero attached hydrogens (tertiary/aromatic N) is 1. The number of Topliss-reactive ketones (excluding diaryl/α,β-unsaturated/α-hetero) is 1. The van der Waals surface area contributed by atoms with Crippen molar-refractivity contribution in [2.24, 2.45) is 0 Å². The second-order valence-corrected chi connectivity index (χ2v) is 5.90. The minimum Gasteiger partial charge on any atom is -0.481 e. The number of methoxy groups -OCH3 is 1. The van der Waals surface area contributed by atoms with Gasteiger partial charge in [-0.25, -0.2) is 9.78 Å². The van der Waals surface area contributed by atoms with Crippen LogP contribution in [0.15, 0.2) is 18.3 Å². The number of carbonyl (C=O) groups excluding carboxylic acids is 2. The van der Waals surface area contributed by atoms with E-state index >= 15 is 0 Å². The van der Waals surface area contributed by atoms with Gasteiger partial charge in [0.1, 0.15) is 5.60 Å². The Morgan fingerprint density at radius 3 is 2.50 bits per heavy atom. The Bertz CT molecular complexity index is 492. The van der Waals surface area contributed by atoms with Crippen molar-refractivity contribution >= 4 is 11.9 Å². The highest BCUT2D eigenvalue weighted by atomic mass is 16.6. The SMILES string of the molecule is COc1ccc(C(=O)CCCCNC(=O)OC(C)(C)C)cn1. The van der Waals surface area contributed by atoms with Crippen LogP contribution < -0.4 is 10.1 Å². The van der Waals surface area contributed by atoms with Crippen molar-refractivity contribution < 1.29 is 19.1 Å². The van der Waals surface area contributed by atoms with Crippen molar-refractivity contribution in [2.75, 3.05) is 13.7 Å². The molecule has 0 unspecified atom stereocenters. The first kappa shape index (κ1) is 17.9. The number of carbonyl (C=O) groups is 2. The molecule has 0 aliphatic heterocycles. The number of unbranched alkanes of at least 4 members (excludes halogenated alkanes) is 1. The highest BCUT2D eigenvalue weighted by molar-refractivity contribution is 5.95. The first-order chi connectivity index (χ1) is 10.3. The van der Waals surface area contributed by atoms with Gasteiger partial charge in [-0.3, -0.25) is 4.79 Å². The second kappa shape index (κ2) is 8.36. The monoisotopic (exact) mass is 308 g/mol. The number of ketones is 1. The maximum Gasteiger partial charge on any atom is 0.407 e. The van der Waals surface area contributed by atoms with Gasteiger partial charge in [0.2, 0.25) is 5.88 Å². The fourth-order valence-electron chi connectivity index (χ4n) is 1.73. The molecule has 0 fully saturated rings. The third-order valence-electron chi connectivity index (χ3n) is 2.77. The molecule has 0 aromatic carbocycles. The molecule has 1 amide bonds. The maximum absolute atomic E-state index is 11.9. The number of amides is 1. The predicted octanol–water partition coefficient (Wildman–Crippen LogP) is 2.97. The van der Waals surface area contributed by atoms with Crippen LogP contribution in [0.3, 0.4) is 0 Å². The molecular weight excluding hydrogens is 284 g/mol. The van der Waals surface area contributed by atoms with Gasteiger partial charge in [0.25, 0.3) is 0 Å². The molecule has 6 heteroatoms. The molecule has 22 heavy (non-hydrogen) atoms. The zero-order chi connectivity index (χ0) is 16.6. The Kier molecular flexibility index (Phi) is 6.82. The van der Waals surface area contributed by atoms with E-state index in [-0.39, 0.29) is 5.78 Å². The molecule has 0 saturated heterocycles. The van der Waals surface area contributed by atoms with E-state index in [4.69, 9.17) is 9.47 Å². The Labute approximate surface area is 131 Å². The first-order valence-electron chi connectivity index (χ1n) is 7.32. The molecule has 1 N–H and O–H groups in total. The van der Waals surface area contributed by atoms with Crippen LogP contribution in [-0.4, -0.2) is 36.1 Å². The second-order valence-electron chi connectivity index (χ2n) is 5.90. The summed E-state index contributed by atoms with van der Waals surface area (Å²) in [5.41, 5.74) is 0.0717. The summed E-state index contributed by atoms with van der Waals surface area (Å²) in [5.74, 6) is 0.519. The van der Waals surface area contributed by atoms with Crippen LogP contribution in [-0.2, 0) is 4.74 Å². The Morgan fingerprint density at radius 2 is 1.95 bits per heavy atom. The largest absolute Gasteiger partial charge is 0.481 e. The van der Waals surface area contributed by atoms with E-state index in [1.54, 1.807) is 12.1 Å². The minimum absolute atomic E-state index is 0.0346. The fourth-order valence-corrected chi connectivity index (χ4v) is 1.73. The van der Waals surface area contributed by atoms with Gasteiger partial charge < -0.3 is 14.8 Å². The zero-order valence-electron chi connectivity index (χ0n) is 13.6. The van der Waals surface area contributed by atoms with Crippen LogP contribution in [0.2, 0.25) is 0 Å². The Balaban J connectivity index is 2.21. The van der Waals surface area contributed by atoms with Gasteiger partial charge in [-0.1, -0.05) is 0 Å². The summed E-state index contributed by atoms with van der Waals surface area (Å²) in [7, 11) is 1.53. The van der Waals surface area contributed by atoms with Gasteiger partial charge in [0.05, 0.1) is 7.11 Å². The molecule has 0 spiro atoms. The lowest BCUT2D eigenvalue weighted by atomic mass is 10.1. The molecule has 1 aromatic heterocycles. The summed E-state index contributed by atoms with van der Waals surface area (Å²) in [6.45, 7) is 5.93. The summed E-state index contributed by atoms with van der Waals surface area (Å²) >= 11 is 0.